The first-order chi connectivity index (χ1) is 11.0. The van der Waals surface area contributed by atoms with Crippen molar-refractivity contribution >= 4 is 5.91 Å². The Morgan fingerprint density at radius 3 is 2.83 bits per heavy atom. The summed E-state index contributed by atoms with van der Waals surface area (Å²) in [5.41, 5.74) is 1.64. The van der Waals surface area contributed by atoms with Gasteiger partial charge in [0.2, 0.25) is 0 Å². The second-order valence-corrected chi connectivity index (χ2v) is 5.40. The lowest BCUT2D eigenvalue weighted by Crippen LogP contribution is -2.39. The van der Waals surface area contributed by atoms with E-state index in [1.54, 1.807) is 13.0 Å². The maximum absolute atomic E-state index is 12.0. The SMILES string of the molecule is Cc1cccc(OC(C)C(=O)NCCn2nc(C)ccc2=O)c1. The van der Waals surface area contributed by atoms with Crippen LogP contribution in [-0.4, -0.2) is 28.3 Å². The van der Waals surface area contributed by atoms with Gasteiger partial charge in [-0.3, -0.25) is 9.59 Å². The molecule has 0 aliphatic carbocycles. The van der Waals surface area contributed by atoms with Gasteiger partial charge in [0.1, 0.15) is 5.75 Å². The van der Waals surface area contributed by atoms with Crippen molar-refractivity contribution in [3.05, 3.63) is 58.0 Å². The highest BCUT2D eigenvalue weighted by atomic mass is 16.5. The molecule has 6 heteroatoms. The number of aromatic nitrogens is 2. The molecule has 1 amide bonds. The van der Waals surface area contributed by atoms with Gasteiger partial charge in [-0.05, 0) is 44.5 Å². The molecule has 1 unspecified atom stereocenters. The molecule has 23 heavy (non-hydrogen) atoms. The van der Waals surface area contributed by atoms with E-state index in [1.807, 2.05) is 38.1 Å². The summed E-state index contributed by atoms with van der Waals surface area (Å²) in [6, 6.07) is 10.7. The van der Waals surface area contributed by atoms with Gasteiger partial charge in [-0.2, -0.15) is 5.10 Å². The summed E-state index contributed by atoms with van der Waals surface area (Å²) in [6.45, 7) is 6.10. The number of nitrogens with one attached hydrogen (secondary N) is 1. The highest BCUT2D eigenvalue weighted by Gasteiger charge is 2.14. The van der Waals surface area contributed by atoms with Gasteiger partial charge in [-0.15, -0.1) is 0 Å². The highest BCUT2D eigenvalue weighted by molar-refractivity contribution is 5.80. The zero-order valence-corrected chi connectivity index (χ0v) is 13.6. The molecular weight excluding hydrogens is 294 g/mol. The van der Waals surface area contributed by atoms with Crippen LogP contribution in [0.5, 0.6) is 5.75 Å². The van der Waals surface area contributed by atoms with Crippen LogP contribution < -0.4 is 15.6 Å². The minimum atomic E-state index is -0.612. The third-order valence-electron chi connectivity index (χ3n) is 3.29. The number of benzene rings is 1. The first-order valence-corrected chi connectivity index (χ1v) is 7.51. The second-order valence-electron chi connectivity index (χ2n) is 5.40. The van der Waals surface area contributed by atoms with Gasteiger partial charge in [0, 0.05) is 12.6 Å². The van der Waals surface area contributed by atoms with Crippen LogP contribution in [0.3, 0.4) is 0 Å². The molecule has 1 aromatic heterocycles. The summed E-state index contributed by atoms with van der Waals surface area (Å²) in [6.07, 6.45) is -0.612. The molecule has 0 spiro atoms. The Hall–Kier alpha value is -2.63. The Morgan fingerprint density at radius 1 is 1.30 bits per heavy atom. The number of aryl methyl sites for hydroxylation is 2. The van der Waals surface area contributed by atoms with Gasteiger partial charge >= 0.3 is 0 Å². The Kier molecular flexibility index (Phi) is 5.51. The summed E-state index contributed by atoms with van der Waals surface area (Å²) >= 11 is 0. The molecular formula is C17H21N3O3. The van der Waals surface area contributed by atoms with Crippen LogP contribution >= 0.6 is 0 Å². The molecule has 0 bridgehead atoms. The molecule has 0 aliphatic heterocycles. The summed E-state index contributed by atoms with van der Waals surface area (Å²) in [7, 11) is 0. The molecule has 0 fully saturated rings. The van der Waals surface area contributed by atoms with E-state index in [4.69, 9.17) is 4.74 Å². The van der Waals surface area contributed by atoms with E-state index in [-0.39, 0.29) is 11.5 Å². The first kappa shape index (κ1) is 16.7. The maximum Gasteiger partial charge on any atom is 0.266 e. The fourth-order valence-corrected chi connectivity index (χ4v) is 2.09. The molecule has 1 atom stereocenters. The smallest absolute Gasteiger partial charge is 0.266 e. The molecule has 1 heterocycles. The van der Waals surface area contributed by atoms with Gasteiger partial charge in [0.15, 0.2) is 6.10 Å². The zero-order valence-electron chi connectivity index (χ0n) is 13.6. The summed E-state index contributed by atoms with van der Waals surface area (Å²) in [5, 5.41) is 6.86. The van der Waals surface area contributed by atoms with Gasteiger partial charge in [0.25, 0.3) is 11.5 Å². The molecule has 0 saturated carbocycles. The van der Waals surface area contributed by atoms with Crippen molar-refractivity contribution in [2.24, 2.45) is 0 Å². The zero-order chi connectivity index (χ0) is 16.8. The largest absolute Gasteiger partial charge is 0.481 e. The van der Waals surface area contributed by atoms with Gasteiger partial charge < -0.3 is 10.1 Å². The van der Waals surface area contributed by atoms with Crippen molar-refractivity contribution in [3.63, 3.8) is 0 Å². The monoisotopic (exact) mass is 315 g/mol. The number of hydrogen-bond acceptors (Lipinski definition) is 4. The van der Waals surface area contributed by atoms with Crippen LogP contribution in [0, 0.1) is 13.8 Å². The van der Waals surface area contributed by atoms with E-state index in [0.717, 1.165) is 11.3 Å². The molecule has 0 aliphatic rings. The van der Waals surface area contributed by atoms with Crippen molar-refractivity contribution in [1.82, 2.24) is 15.1 Å². The van der Waals surface area contributed by atoms with Crippen molar-refractivity contribution in [3.8, 4) is 5.75 Å². The third kappa shape index (κ3) is 4.95. The van der Waals surface area contributed by atoms with Crippen LogP contribution in [0.15, 0.2) is 41.2 Å². The molecule has 2 rings (SSSR count). The summed E-state index contributed by atoms with van der Waals surface area (Å²) in [4.78, 5) is 23.6. The predicted molar refractivity (Wildman–Crippen MR) is 87.5 cm³/mol. The first-order valence-electron chi connectivity index (χ1n) is 7.51. The summed E-state index contributed by atoms with van der Waals surface area (Å²) in [5.74, 6) is 0.427. The van der Waals surface area contributed by atoms with Crippen LogP contribution in [0.25, 0.3) is 0 Å². The fourth-order valence-electron chi connectivity index (χ4n) is 2.09. The lowest BCUT2D eigenvalue weighted by atomic mass is 10.2. The number of nitrogens with zero attached hydrogens (tertiary/aromatic N) is 2. The molecule has 0 saturated heterocycles. The molecule has 1 N–H and O–H groups in total. The van der Waals surface area contributed by atoms with Gasteiger partial charge in [0.05, 0.1) is 12.2 Å². The molecule has 0 radical (unpaired) electrons. The third-order valence-corrected chi connectivity index (χ3v) is 3.29. The average molecular weight is 315 g/mol. The van der Waals surface area contributed by atoms with E-state index in [9.17, 15) is 9.59 Å². The van der Waals surface area contributed by atoms with Crippen LogP contribution in [0.4, 0.5) is 0 Å². The Morgan fingerprint density at radius 2 is 2.09 bits per heavy atom. The number of carbonyl (C=O) groups excluding carboxylic acids is 1. The Labute approximate surface area is 135 Å². The normalized spacial score (nSPS) is 11.8. The lowest BCUT2D eigenvalue weighted by Gasteiger charge is -2.15. The van der Waals surface area contributed by atoms with Crippen LogP contribution in [-0.2, 0) is 11.3 Å². The van der Waals surface area contributed by atoms with Crippen LogP contribution in [0.1, 0.15) is 18.2 Å². The standard InChI is InChI=1S/C17H21N3O3/c1-12-5-4-6-15(11-12)23-14(3)17(22)18-9-10-20-16(21)8-7-13(2)19-20/h4-8,11,14H,9-10H2,1-3H3,(H,18,22). The molecule has 2 aromatic rings. The minimum absolute atomic E-state index is 0.186. The summed E-state index contributed by atoms with van der Waals surface area (Å²) < 4.78 is 6.94. The molecule has 6 nitrogen and oxygen atoms in total. The lowest BCUT2D eigenvalue weighted by molar-refractivity contribution is -0.127. The van der Waals surface area contributed by atoms with E-state index in [2.05, 4.69) is 10.4 Å². The van der Waals surface area contributed by atoms with E-state index < -0.39 is 6.10 Å². The minimum Gasteiger partial charge on any atom is -0.481 e. The van der Waals surface area contributed by atoms with Gasteiger partial charge in [-0.25, -0.2) is 4.68 Å². The number of amides is 1. The van der Waals surface area contributed by atoms with Crippen molar-refractivity contribution in [1.29, 1.82) is 0 Å². The quantitative estimate of drug-likeness (QED) is 0.875. The molecule has 122 valence electrons. The van der Waals surface area contributed by atoms with Crippen molar-refractivity contribution in [2.75, 3.05) is 6.54 Å². The fraction of sp³-hybridized carbons (Fsp3) is 0.353. The van der Waals surface area contributed by atoms with Crippen molar-refractivity contribution < 1.29 is 9.53 Å². The van der Waals surface area contributed by atoms with Crippen molar-refractivity contribution in [2.45, 2.75) is 33.4 Å². The van der Waals surface area contributed by atoms with E-state index in [0.29, 0.717) is 18.8 Å². The number of hydrogen-bond donors (Lipinski definition) is 1. The predicted octanol–water partition coefficient (Wildman–Crippen LogP) is 1.44. The average Bonchev–Trinajstić information content (AvgIpc) is 2.50. The number of ether oxygens (including phenoxy) is 1. The number of carbonyl (C=O) groups is 1. The van der Waals surface area contributed by atoms with E-state index >= 15 is 0 Å². The number of rotatable bonds is 6. The Bertz CT molecular complexity index is 740. The molecule has 1 aromatic carbocycles. The van der Waals surface area contributed by atoms with Gasteiger partial charge in [-0.1, -0.05) is 12.1 Å². The Balaban J connectivity index is 1.84. The second kappa shape index (κ2) is 7.58. The highest BCUT2D eigenvalue weighted by Crippen LogP contribution is 2.14. The maximum atomic E-state index is 12.0. The topological polar surface area (TPSA) is 73.2 Å². The van der Waals surface area contributed by atoms with Crippen LogP contribution in [0.2, 0.25) is 0 Å². The van der Waals surface area contributed by atoms with E-state index in [1.165, 1.54) is 10.7 Å².